The fourth-order valence-corrected chi connectivity index (χ4v) is 7.19. The molecule has 2 nitrogen and oxygen atoms in total. The van der Waals surface area contributed by atoms with Crippen LogP contribution in [-0.4, -0.2) is 23.8 Å². The van der Waals surface area contributed by atoms with E-state index in [1.807, 2.05) is 18.7 Å². The molecule has 0 aromatic heterocycles. The van der Waals surface area contributed by atoms with Gasteiger partial charge < -0.3 is 4.74 Å². The second kappa shape index (κ2) is 6.85. The van der Waals surface area contributed by atoms with Crippen molar-refractivity contribution in [1.29, 1.82) is 0 Å². The molecule has 1 atom stereocenters. The molecular weight excluding hydrogens is 334 g/mol. The number of methoxy groups -OCH3 is 1. The highest BCUT2D eigenvalue weighted by Gasteiger charge is 2.47. The summed E-state index contributed by atoms with van der Waals surface area (Å²) in [5.74, 6) is 0.739. The van der Waals surface area contributed by atoms with E-state index in [4.69, 9.17) is 9.73 Å². The standard InChI is InChI=1S/C20H24NOS2/c1-14(20(3,4)21-15(2)22-5)24-18-12-8-6-10-16(18)23-17-11-7-9-13-19(17)24/h6-14H,1-5H3/q+1/t14-/m0/s1. The number of ether oxygens (including phenoxy) is 1. The number of rotatable bonds is 3. The molecular formula is C20H24NOS2+. The van der Waals surface area contributed by atoms with Gasteiger partial charge in [0.15, 0.2) is 20.9 Å². The quantitative estimate of drug-likeness (QED) is 0.415. The third-order valence-electron chi connectivity index (χ3n) is 4.48. The Bertz CT molecular complexity index is 724. The highest BCUT2D eigenvalue weighted by molar-refractivity contribution is 8.04. The van der Waals surface area contributed by atoms with Gasteiger partial charge in [-0.25, -0.2) is 4.99 Å². The van der Waals surface area contributed by atoms with E-state index in [9.17, 15) is 0 Å². The maximum atomic E-state index is 5.31. The number of fused-ring (bicyclic) bond motifs is 2. The average Bonchev–Trinajstić information content (AvgIpc) is 2.58. The Kier molecular flexibility index (Phi) is 4.97. The van der Waals surface area contributed by atoms with Gasteiger partial charge in [0, 0.05) is 6.92 Å². The van der Waals surface area contributed by atoms with Crippen LogP contribution in [0.2, 0.25) is 0 Å². The number of hydrogen-bond acceptors (Lipinski definition) is 3. The van der Waals surface area contributed by atoms with E-state index in [2.05, 4.69) is 69.3 Å². The molecule has 0 unspecified atom stereocenters. The van der Waals surface area contributed by atoms with Crippen molar-refractivity contribution in [3.8, 4) is 0 Å². The van der Waals surface area contributed by atoms with Gasteiger partial charge in [0.2, 0.25) is 0 Å². The van der Waals surface area contributed by atoms with Gasteiger partial charge in [-0.05, 0) is 45.0 Å². The van der Waals surface area contributed by atoms with Gasteiger partial charge >= 0.3 is 0 Å². The van der Waals surface area contributed by atoms with Gasteiger partial charge in [-0.3, -0.25) is 0 Å². The molecule has 0 saturated heterocycles. The average molecular weight is 359 g/mol. The molecule has 0 fully saturated rings. The van der Waals surface area contributed by atoms with Crippen LogP contribution in [-0.2, 0) is 15.6 Å². The molecule has 0 radical (unpaired) electrons. The van der Waals surface area contributed by atoms with Gasteiger partial charge in [-0.2, -0.15) is 0 Å². The molecule has 3 rings (SSSR count). The van der Waals surface area contributed by atoms with Crippen LogP contribution in [0.3, 0.4) is 0 Å². The summed E-state index contributed by atoms with van der Waals surface area (Å²) in [6.07, 6.45) is 0. The Morgan fingerprint density at radius 1 is 1.04 bits per heavy atom. The Morgan fingerprint density at radius 2 is 1.54 bits per heavy atom. The fourth-order valence-electron chi connectivity index (χ4n) is 2.88. The molecule has 2 aromatic rings. The van der Waals surface area contributed by atoms with Crippen LogP contribution < -0.4 is 0 Å². The zero-order valence-electron chi connectivity index (χ0n) is 14.9. The van der Waals surface area contributed by atoms with E-state index < -0.39 is 0 Å². The lowest BCUT2D eigenvalue weighted by Crippen LogP contribution is -2.40. The first-order valence-electron chi connectivity index (χ1n) is 8.13. The van der Waals surface area contributed by atoms with Gasteiger partial charge in [-0.15, -0.1) is 0 Å². The third kappa shape index (κ3) is 3.22. The first kappa shape index (κ1) is 17.4. The monoisotopic (exact) mass is 358 g/mol. The molecule has 1 aliphatic rings. The topological polar surface area (TPSA) is 21.6 Å². The van der Waals surface area contributed by atoms with Crippen LogP contribution in [0.25, 0.3) is 0 Å². The largest absolute Gasteiger partial charge is 0.484 e. The van der Waals surface area contributed by atoms with Crippen molar-refractivity contribution in [2.24, 2.45) is 4.99 Å². The van der Waals surface area contributed by atoms with E-state index >= 15 is 0 Å². The van der Waals surface area contributed by atoms with E-state index in [1.165, 1.54) is 19.6 Å². The summed E-state index contributed by atoms with van der Waals surface area (Å²) in [5, 5.41) is 0.366. The molecule has 24 heavy (non-hydrogen) atoms. The van der Waals surface area contributed by atoms with Crippen molar-refractivity contribution in [3.63, 3.8) is 0 Å². The minimum atomic E-state index is -0.203. The van der Waals surface area contributed by atoms with E-state index in [1.54, 1.807) is 7.11 Å². The van der Waals surface area contributed by atoms with Crippen LogP contribution in [0.1, 0.15) is 27.7 Å². The molecule has 126 valence electrons. The van der Waals surface area contributed by atoms with Crippen LogP contribution >= 0.6 is 11.8 Å². The second-order valence-electron chi connectivity index (χ2n) is 6.46. The summed E-state index contributed by atoms with van der Waals surface area (Å²) < 4.78 is 5.31. The van der Waals surface area contributed by atoms with Gasteiger partial charge in [0.25, 0.3) is 0 Å². The lowest BCUT2D eigenvalue weighted by molar-refractivity contribution is 0.382. The van der Waals surface area contributed by atoms with Crippen molar-refractivity contribution in [2.75, 3.05) is 7.11 Å². The van der Waals surface area contributed by atoms with Crippen molar-refractivity contribution >= 4 is 28.6 Å². The Labute approximate surface area is 152 Å². The van der Waals surface area contributed by atoms with Crippen molar-refractivity contribution in [3.05, 3.63) is 48.5 Å². The number of nitrogens with zero attached hydrogens (tertiary/aromatic N) is 1. The summed E-state index contributed by atoms with van der Waals surface area (Å²) in [4.78, 5) is 10.5. The molecule has 0 amide bonds. The zero-order valence-corrected chi connectivity index (χ0v) is 16.5. The minimum Gasteiger partial charge on any atom is -0.484 e. The molecule has 0 aliphatic carbocycles. The highest BCUT2D eigenvalue weighted by atomic mass is 32.2. The first-order valence-corrected chi connectivity index (χ1v) is 10.2. The normalized spacial score (nSPS) is 16.3. The maximum absolute atomic E-state index is 5.31. The smallest absolute Gasteiger partial charge is 0.180 e. The van der Waals surface area contributed by atoms with Gasteiger partial charge in [-0.1, -0.05) is 36.0 Å². The Balaban J connectivity index is 2.10. The predicted octanol–water partition coefficient (Wildman–Crippen LogP) is 5.42. The molecule has 0 saturated carbocycles. The number of benzene rings is 2. The zero-order chi connectivity index (χ0) is 17.3. The number of aliphatic imine (C=N–C) groups is 1. The number of hydrogen-bond donors (Lipinski definition) is 0. The minimum absolute atomic E-state index is 0.0106. The molecule has 0 bridgehead atoms. The van der Waals surface area contributed by atoms with E-state index in [0.717, 1.165) is 5.90 Å². The van der Waals surface area contributed by atoms with E-state index in [0.29, 0.717) is 5.25 Å². The lowest BCUT2D eigenvalue weighted by atomic mass is 10.0. The van der Waals surface area contributed by atoms with Crippen LogP contribution in [0.15, 0.2) is 73.1 Å². The van der Waals surface area contributed by atoms with Gasteiger partial charge in [0.1, 0.15) is 5.54 Å². The molecule has 2 aromatic carbocycles. The first-order chi connectivity index (χ1) is 11.4. The predicted molar refractivity (Wildman–Crippen MR) is 105 cm³/mol. The third-order valence-corrected chi connectivity index (χ3v) is 8.84. The van der Waals surface area contributed by atoms with Crippen molar-refractivity contribution < 1.29 is 4.74 Å². The van der Waals surface area contributed by atoms with E-state index in [-0.39, 0.29) is 16.4 Å². The van der Waals surface area contributed by atoms with Crippen molar-refractivity contribution in [2.45, 2.75) is 58.1 Å². The molecule has 0 spiro atoms. The second-order valence-corrected chi connectivity index (χ2v) is 9.81. The summed E-state index contributed by atoms with van der Waals surface area (Å²) in [6.45, 7) is 8.66. The van der Waals surface area contributed by atoms with Crippen molar-refractivity contribution in [1.82, 2.24) is 0 Å². The Morgan fingerprint density at radius 3 is 2.04 bits per heavy atom. The van der Waals surface area contributed by atoms with Crippen LogP contribution in [0, 0.1) is 0 Å². The summed E-state index contributed by atoms with van der Waals surface area (Å²) in [5.41, 5.74) is -0.203. The molecule has 4 heteroatoms. The van der Waals surface area contributed by atoms with Crippen LogP contribution in [0.5, 0.6) is 0 Å². The van der Waals surface area contributed by atoms with Crippen LogP contribution in [0.4, 0.5) is 0 Å². The Hall–Kier alpha value is -1.39. The summed E-state index contributed by atoms with van der Waals surface area (Å²) >= 11 is 1.88. The fraction of sp³-hybridized carbons (Fsp3) is 0.350. The molecule has 0 N–H and O–H groups in total. The summed E-state index contributed by atoms with van der Waals surface area (Å²) in [7, 11) is 1.67. The molecule has 1 aliphatic heterocycles. The maximum Gasteiger partial charge on any atom is 0.180 e. The summed E-state index contributed by atoms with van der Waals surface area (Å²) in [6, 6.07) is 17.6. The molecule has 1 heterocycles. The van der Waals surface area contributed by atoms with Gasteiger partial charge in [0.05, 0.1) is 27.8 Å². The SMILES string of the molecule is COC(C)=NC(C)(C)[C@H](C)[S+]1c2ccccc2Sc2ccccc21. The lowest BCUT2D eigenvalue weighted by Gasteiger charge is -2.30. The highest BCUT2D eigenvalue weighted by Crippen LogP contribution is 2.48.